The van der Waals surface area contributed by atoms with Gasteiger partial charge in [0.2, 0.25) is 9.84 Å². The molecular weight excluding hydrogens is 316 g/mol. The Kier molecular flexibility index (Phi) is 3.75. The molecule has 0 radical (unpaired) electrons. The summed E-state index contributed by atoms with van der Waals surface area (Å²) in [6.45, 7) is 0. The fourth-order valence-corrected chi connectivity index (χ4v) is 6.85. The Bertz CT molecular complexity index is 810. The molecule has 0 bridgehead atoms. The first kappa shape index (κ1) is 15.2. The zero-order valence-electron chi connectivity index (χ0n) is 13.2. The van der Waals surface area contributed by atoms with E-state index < -0.39 is 15.7 Å². The van der Waals surface area contributed by atoms with Crippen LogP contribution in [0.3, 0.4) is 0 Å². The van der Waals surface area contributed by atoms with E-state index in [4.69, 9.17) is 8.83 Å². The van der Waals surface area contributed by atoms with Gasteiger partial charge in [-0.05, 0) is 37.5 Å². The van der Waals surface area contributed by atoms with Crippen LogP contribution in [-0.2, 0) is 9.84 Å². The Labute approximate surface area is 135 Å². The Morgan fingerprint density at radius 1 is 0.696 bits per heavy atom. The van der Waals surface area contributed by atoms with Crippen LogP contribution in [0.15, 0.2) is 13.6 Å². The molecule has 1 aliphatic heterocycles. The van der Waals surface area contributed by atoms with Gasteiger partial charge >= 0.3 is 5.82 Å². The van der Waals surface area contributed by atoms with Gasteiger partial charge in [0.25, 0.3) is 0 Å². The molecule has 0 spiro atoms. The van der Waals surface area contributed by atoms with Crippen molar-refractivity contribution in [2.24, 2.45) is 11.8 Å². The maximum Gasteiger partial charge on any atom is 0.519 e. The molecule has 6 heteroatoms. The second-order valence-corrected chi connectivity index (χ2v) is 8.90. The van der Waals surface area contributed by atoms with E-state index in [1.165, 1.54) is 0 Å². The number of hydrogen-bond acceptors (Lipinski definition) is 5. The van der Waals surface area contributed by atoms with Crippen molar-refractivity contribution >= 4 is 19.6 Å². The van der Waals surface area contributed by atoms with Crippen molar-refractivity contribution in [3.63, 3.8) is 0 Å². The molecule has 0 aromatic carbocycles. The topological polar surface area (TPSA) is 77.5 Å². The summed E-state index contributed by atoms with van der Waals surface area (Å²) in [5.41, 5.74) is 0.421. The molecule has 0 saturated heterocycles. The molecule has 0 atom stereocenters. The molecule has 4 rings (SSSR count). The van der Waals surface area contributed by atoms with Gasteiger partial charge in [-0.15, -0.1) is 0 Å². The molecule has 2 saturated carbocycles. The highest BCUT2D eigenvalue weighted by Gasteiger charge is 2.42. The molecule has 5 nitrogen and oxygen atoms in total. The Morgan fingerprint density at radius 3 is 1.48 bits per heavy atom. The van der Waals surface area contributed by atoms with Crippen molar-refractivity contribution in [2.75, 3.05) is 0 Å². The quantitative estimate of drug-likeness (QED) is 0.824. The second kappa shape index (κ2) is 5.65. The summed E-state index contributed by atoms with van der Waals surface area (Å²) in [6.07, 6.45) is 9.79. The first-order chi connectivity index (χ1) is 11.1. The van der Waals surface area contributed by atoms with E-state index in [1.54, 1.807) is 0 Å². The molecule has 126 valence electrons. The minimum atomic E-state index is -3.55. The van der Waals surface area contributed by atoms with Crippen molar-refractivity contribution in [3.8, 4) is 0 Å². The molecule has 0 amide bonds. The summed E-state index contributed by atoms with van der Waals surface area (Å²) in [5.74, 6) is -0.852. The highest BCUT2D eigenvalue weighted by Crippen LogP contribution is 2.42. The average Bonchev–Trinajstić information content (AvgIpc) is 2.99. The van der Waals surface area contributed by atoms with E-state index in [-0.39, 0.29) is 22.7 Å². The molecule has 23 heavy (non-hydrogen) atoms. The lowest BCUT2D eigenvalue weighted by atomic mass is 9.88. The van der Waals surface area contributed by atoms with Gasteiger partial charge in [0.05, 0.1) is 9.81 Å². The lowest BCUT2D eigenvalue weighted by Crippen LogP contribution is -2.23. The van der Waals surface area contributed by atoms with Crippen LogP contribution in [-0.4, -0.2) is 8.42 Å². The van der Waals surface area contributed by atoms with Crippen LogP contribution in [0.25, 0.3) is 9.81 Å². The maximum atomic E-state index is 13.2. The second-order valence-electron chi connectivity index (χ2n) is 7.01. The number of fused-ring (bicyclic) bond motifs is 1. The first-order valence-electron chi connectivity index (χ1n) is 8.72. The highest BCUT2D eigenvalue weighted by molar-refractivity contribution is 8.08. The van der Waals surface area contributed by atoms with Crippen LogP contribution in [0.1, 0.15) is 64.2 Å². The average molecular weight is 338 g/mol. The summed E-state index contributed by atoms with van der Waals surface area (Å²) < 4.78 is 36.8. The van der Waals surface area contributed by atoms with Crippen molar-refractivity contribution in [2.45, 2.75) is 64.2 Å². The molecule has 2 heterocycles. The Hall–Kier alpha value is -1.30. The standard InChI is InChI=1S/C17H22O5S/c18-17-21-13-14(22-17)16(12-9-5-2-6-10-12)23(19,20)15(13)11-7-3-1-4-8-11/h11-12H,1-10H2. The van der Waals surface area contributed by atoms with E-state index in [2.05, 4.69) is 0 Å². The lowest BCUT2D eigenvalue weighted by molar-refractivity contribution is 0.364. The van der Waals surface area contributed by atoms with Crippen LogP contribution in [0.5, 0.6) is 0 Å². The molecule has 0 unspecified atom stereocenters. The van der Waals surface area contributed by atoms with Crippen LogP contribution < -0.4 is 16.7 Å². The van der Waals surface area contributed by atoms with Gasteiger partial charge in [-0.25, -0.2) is 13.2 Å². The summed E-state index contributed by atoms with van der Waals surface area (Å²) in [5, 5.41) is 0. The molecule has 0 N–H and O–H groups in total. The third-order valence-electron chi connectivity index (χ3n) is 5.56. The minimum Gasteiger partial charge on any atom is -0.390 e. The SMILES string of the molecule is O=c1oc2c(o1)=C(C1CCCCC1)S(=O)(=O)C=2C1CCCCC1. The fourth-order valence-electron chi connectivity index (χ4n) is 4.51. The number of rotatable bonds is 2. The summed E-state index contributed by atoms with van der Waals surface area (Å²) >= 11 is 0. The molecule has 3 aliphatic rings. The Balaban J connectivity index is 1.92. The highest BCUT2D eigenvalue weighted by atomic mass is 32.2. The van der Waals surface area contributed by atoms with E-state index in [9.17, 15) is 13.2 Å². The van der Waals surface area contributed by atoms with Gasteiger partial charge in [0.1, 0.15) is 0 Å². The fraction of sp³-hybridized carbons (Fsp3) is 0.706. The molecule has 1 aromatic rings. The van der Waals surface area contributed by atoms with E-state index >= 15 is 0 Å². The van der Waals surface area contributed by atoms with Crippen molar-refractivity contribution in [1.82, 2.24) is 0 Å². The number of hydrogen-bond donors (Lipinski definition) is 0. The minimum absolute atomic E-state index is 0.0330. The molecule has 2 fully saturated rings. The van der Waals surface area contributed by atoms with E-state index in [1.807, 2.05) is 0 Å². The van der Waals surface area contributed by atoms with Crippen LogP contribution in [0.2, 0.25) is 0 Å². The summed E-state index contributed by atoms with van der Waals surface area (Å²) in [4.78, 5) is 12.3. The van der Waals surface area contributed by atoms with Crippen molar-refractivity contribution in [1.29, 1.82) is 0 Å². The summed E-state index contributed by atoms with van der Waals surface area (Å²) in [6, 6.07) is 0. The lowest BCUT2D eigenvalue weighted by Gasteiger charge is -2.25. The van der Waals surface area contributed by atoms with Crippen molar-refractivity contribution < 1.29 is 17.3 Å². The predicted octanol–water partition coefficient (Wildman–Crippen LogP) is 2.04. The van der Waals surface area contributed by atoms with Gasteiger partial charge in [0, 0.05) is 0 Å². The van der Waals surface area contributed by atoms with Gasteiger partial charge in [0.15, 0.2) is 10.8 Å². The summed E-state index contributed by atoms with van der Waals surface area (Å²) in [7, 11) is -3.55. The monoisotopic (exact) mass is 338 g/mol. The van der Waals surface area contributed by atoms with E-state index in [0.29, 0.717) is 9.81 Å². The third kappa shape index (κ3) is 2.42. The molecular formula is C17H22O5S. The van der Waals surface area contributed by atoms with Crippen molar-refractivity contribution in [3.05, 3.63) is 21.4 Å². The predicted molar refractivity (Wildman–Crippen MR) is 85.4 cm³/mol. The van der Waals surface area contributed by atoms with Gasteiger partial charge in [-0.3, -0.25) is 0 Å². The zero-order chi connectivity index (χ0) is 16.0. The zero-order valence-corrected chi connectivity index (χ0v) is 14.0. The molecule has 1 aromatic heterocycles. The maximum absolute atomic E-state index is 13.2. The van der Waals surface area contributed by atoms with E-state index in [0.717, 1.165) is 64.2 Å². The first-order valence-corrected chi connectivity index (χ1v) is 10.2. The smallest absolute Gasteiger partial charge is 0.390 e. The Morgan fingerprint density at radius 2 is 1.09 bits per heavy atom. The van der Waals surface area contributed by atoms with Gasteiger partial charge in [-0.2, -0.15) is 0 Å². The third-order valence-corrected chi connectivity index (χ3v) is 7.75. The van der Waals surface area contributed by atoms with Crippen LogP contribution in [0.4, 0.5) is 0 Å². The number of sulfone groups is 1. The largest absolute Gasteiger partial charge is 0.519 e. The van der Waals surface area contributed by atoms with Crippen LogP contribution in [0, 0.1) is 11.8 Å². The normalized spacial score (nSPS) is 25.7. The van der Waals surface area contributed by atoms with Crippen LogP contribution >= 0.6 is 0 Å². The van der Waals surface area contributed by atoms with Gasteiger partial charge in [-0.1, -0.05) is 38.5 Å². The molecule has 2 aliphatic carbocycles. The van der Waals surface area contributed by atoms with Gasteiger partial charge < -0.3 is 8.83 Å².